The van der Waals surface area contributed by atoms with E-state index in [2.05, 4.69) is 22.8 Å². The van der Waals surface area contributed by atoms with Crippen LogP contribution in [0, 0.1) is 5.92 Å². The van der Waals surface area contributed by atoms with Gasteiger partial charge in [0.1, 0.15) is 0 Å². The SMILES string of the molecule is O=C(C[C@@H]1C=CCC1)Nc1cccc(NC(=O)c2ccc3c(c2)OCO3)c1. The van der Waals surface area contributed by atoms with E-state index in [0.717, 1.165) is 12.8 Å². The van der Waals surface area contributed by atoms with Crippen LogP contribution in [0.2, 0.25) is 0 Å². The van der Waals surface area contributed by atoms with Crippen LogP contribution in [0.1, 0.15) is 29.6 Å². The van der Waals surface area contributed by atoms with Crippen LogP contribution in [0.5, 0.6) is 11.5 Å². The van der Waals surface area contributed by atoms with Crippen molar-refractivity contribution in [1.29, 1.82) is 0 Å². The molecule has 2 amide bonds. The molecule has 4 rings (SSSR count). The Hall–Kier alpha value is -3.28. The molecule has 138 valence electrons. The van der Waals surface area contributed by atoms with Crippen LogP contribution in [0.3, 0.4) is 0 Å². The Balaban J connectivity index is 1.39. The molecule has 2 aromatic rings. The predicted molar refractivity (Wildman–Crippen MR) is 102 cm³/mol. The lowest BCUT2D eigenvalue weighted by Crippen LogP contribution is -2.15. The van der Waals surface area contributed by atoms with Crippen LogP contribution in [0.25, 0.3) is 0 Å². The van der Waals surface area contributed by atoms with Gasteiger partial charge >= 0.3 is 0 Å². The second kappa shape index (κ2) is 7.53. The monoisotopic (exact) mass is 364 g/mol. The first-order valence-corrected chi connectivity index (χ1v) is 8.95. The van der Waals surface area contributed by atoms with Crippen molar-refractivity contribution in [3.63, 3.8) is 0 Å². The summed E-state index contributed by atoms with van der Waals surface area (Å²) in [6, 6.07) is 12.2. The fraction of sp³-hybridized carbons (Fsp3) is 0.238. The van der Waals surface area contributed by atoms with Gasteiger partial charge in [-0.2, -0.15) is 0 Å². The Bertz CT molecular complexity index is 907. The van der Waals surface area contributed by atoms with Gasteiger partial charge in [0.05, 0.1) is 0 Å². The van der Waals surface area contributed by atoms with Crippen LogP contribution in [-0.2, 0) is 4.79 Å². The molecule has 27 heavy (non-hydrogen) atoms. The molecule has 1 atom stereocenters. The number of carbonyl (C=O) groups excluding carboxylic acids is 2. The van der Waals surface area contributed by atoms with Crippen LogP contribution in [0.4, 0.5) is 11.4 Å². The first-order valence-electron chi connectivity index (χ1n) is 8.95. The van der Waals surface area contributed by atoms with Crippen molar-refractivity contribution < 1.29 is 19.1 Å². The molecule has 0 saturated heterocycles. The van der Waals surface area contributed by atoms with E-state index in [0.29, 0.717) is 40.8 Å². The number of fused-ring (bicyclic) bond motifs is 1. The Morgan fingerprint density at radius 3 is 2.63 bits per heavy atom. The number of benzene rings is 2. The fourth-order valence-corrected chi connectivity index (χ4v) is 3.23. The van der Waals surface area contributed by atoms with E-state index in [1.165, 1.54) is 0 Å². The molecule has 2 aromatic carbocycles. The molecule has 0 saturated carbocycles. The largest absolute Gasteiger partial charge is 0.454 e. The molecule has 0 fully saturated rings. The predicted octanol–water partition coefficient (Wildman–Crippen LogP) is 3.96. The Morgan fingerprint density at radius 2 is 1.81 bits per heavy atom. The summed E-state index contributed by atoms with van der Waals surface area (Å²) in [6.07, 6.45) is 6.76. The standard InChI is InChI=1S/C21H20N2O4/c24-20(10-14-4-1-2-5-14)22-16-6-3-7-17(12-16)23-21(25)15-8-9-18-19(11-15)27-13-26-18/h1,3-4,6-9,11-12,14H,2,5,10,13H2,(H,22,24)(H,23,25)/t14-/m1/s1. The maximum Gasteiger partial charge on any atom is 0.255 e. The summed E-state index contributed by atoms with van der Waals surface area (Å²) < 4.78 is 10.6. The van der Waals surface area contributed by atoms with Gasteiger partial charge < -0.3 is 20.1 Å². The highest BCUT2D eigenvalue weighted by Gasteiger charge is 2.17. The van der Waals surface area contributed by atoms with Gasteiger partial charge in [-0.1, -0.05) is 18.2 Å². The van der Waals surface area contributed by atoms with E-state index in [1.54, 1.807) is 42.5 Å². The molecule has 0 bridgehead atoms. The summed E-state index contributed by atoms with van der Waals surface area (Å²) >= 11 is 0. The van der Waals surface area contributed by atoms with Gasteiger partial charge in [0.15, 0.2) is 11.5 Å². The average Bonchev–Trinajstić information content (AvgIpc) is 3.32. The molecule has 2 N–H and O–H groups in total. The minimum atomic E-state index is -0.257. The number of amides is 2. The van der Waals surface area contributed by atoms with Gasteiger partial charge in [0, 0.05) is 23.4 Å². The Morgan fingerprint density at radius 1 is 1.00 bits per heavy atom. The van der Waals surface area contributed by atoms with E-state index in [-0.39, 0.29) is 18.6 Å². The zero-order valence-corrected chi connectivity index (χ0v) is 14.7. The second-order valence-electron chi connectivity index (χ2n) is 6.62. The van der Waals surface area contributed by atoms with Crippen LogP contribution < -0.4 is 20.1 Å². The van der Waals surface area contributed by atoms with E-state index >= 15 is 0 Å². The summed E-state index contributed by atoms with van der Waals surface area (Å²) in [7, 11) is 0. The summed E-state index contributed by atoms with van der Waals surface area (Å²) in [6.45, 7) is 0.165. The zero-order valence-electron chi connectivity index (χ0n) is 14.7. The van der Waals surface area contributed by atoms with Crippen molar-refractivity contribution in [2.24, 2.45) is 5.92 Å². The molecule has 6 nitrogen and oxygen atoms in total. The lowest BCUT2D eigenvalue weighted by Gasteiger charge is -2.11. The smallest absolute Gasteiger partial charge is 0.255 e. The maximum atomic E-state index is 12.5. The van der Waals surface area contributed by atoms with Crippen LogP contribution >= 0.6 is 0 Å². The number of nitrogens with one attached hydrogen (secondary N) is 2. The third-order valence-corrected chi connectivity index (χ3v) is 4.60. The van der Waals surface area contributed by atoms with E-state index in [1.807, 2.05) is 0 Å². The van der Waals surface area contributed by atoms with Gasteiger partial charge in [0.25, 0.3) is 5.91 Å². The Kier molecular flexibility index (Phi) is 4.78. The third-order valence-electron chi connectivity index (χ3n) is 4.60. The molecule has 0 spiro atoms. The van der Waals surface area contributed by atoms with E-state index < -0.39 is 0 Å². The van der Waals surface area contributed by atoms with Crippen molar-refractivity contribution in [2.75, 3.05) is 17.4 Å². The van der Waals surface area contributed by atoms with Gasteiger partial charge in [-0.3, -0.25) is 9.59 Å². The summed E-state index contributed by atoms with van der Waals surface area (Å²) in [5.74, 6) is 1.23. The molecular formula is C21H20N2O4. The van der Waals surface area contributed by atoms with Gasteiger partial charge in [-0.15, -0.1) is 0 Å². The van der Waals surface area contributed by atoms with Crippen molar-refractivity contribution in [3.8, 4) is 11.5 Å². The molecule has 1 heterocycles. The second-order valence-corrected chi connectivity index (χ2v) is 6.62. The number of hydrogen-bond acceptors (Lipinski definition) is 4. The Labute approximate surface area is 157 Å². The van der Waals surface area contributed by atoms with Gasteiger partial charge in [0.2, 0.25) is 12.7 Å². The first-order chi connectivity index (χ1) is 13.2. The number of ether oxygens (including phenoxy) is 2. The molecule has 0 radical (unpaired) electrons. The topological polar surface area (TPSA) is 76.7 Å². The molecule has 0 unspecified atom stereocenters. The summed E-state index contributed by atoms with van der Waals surface area (Å²) in [4.78, 5) is 24.6. The number of rotatable bonds is 5. The molecule has 6 heteroatoms. The number of hydrogen-bond donors (Lipinski definition) is 2. The number of anilines is 2. The summed E-state index contributed by atoms with van der Waals surface area (Å²) in [5.41, 5.74) is 1.74. The van der Waals surface area contributed by atoms with Gasteiger partial charge in [-0.05, 0) is 55.2 Å². The lowest BCUT2D eigenvalue weighted by atomic mass is 10.1. The van der Waals surface area contributed by atoms with Crippen molar-refractivity contribution >= 4 is 23.2 Å². The highest BCUT2D eigenvalue weighted by atomic mass is 16.7. The first kappa shape index (κ1) is 17.1. The molecule has 1 aliphatic heterocycles. The minimum Gasteiger partial charge on any atom is -0.454 e. The molecule has 0 aromatic heterocycles. The summed E-state index contributed by atoms with van der Waals surface area (Å²) in [5, 5.41) is 5.73. The van der Waals surface area contributed by atoms with Crippen molar-refractivity contribution in [1.82, 2.24) is 0 Å². The van der Waals surface area contributed by atoms with Crippen molar-refractivity contribution in [2.45, 2.75) is 19.3 Å². The quantitative estimate of drug-likeness (QED) is 0.787. The third kappa shape index (κ3) is 4.11. The normalized spacial score (nSPS) is 17.0. The van der Waals surface area contributed by atoms with Gasteiger partial charge in [-0.25, -0.2) is 0 Å². The fourth-order valence-electron chi connectivity index (χ4n) is 3.23. The van der Waals surface area contributed by atoms with Crippen LogP contribution in [-0.4, -0.2) is 18.6 Å². The molecular weight excluding hydrogens is 344 g/mol. The molecule has 2 aliphatic rings. The minimum absolute atomic E-state index is 0.0224. The molecule has 1 aliphatic carbocycles. The van der Waals surface area contributed by atoms with E-state index in [4.69, 9.17) is 9.47 Å². The number of carbonyl (C=O) groups is 2. The highest BCUT2D eigenvalue weighted by molar-refractivity contribution is 6.05. The highest BCUT2D eigenvalue weighted by Crippen LogP contribution is 2.32. The number of allylic oxidation sites excluding steroid dienone is 2. The lowest BCUT2D eigenvalue weighted by molar-refractivity contribution is -0.116. The van der Waals surface area contributed by atoms with Crippen molar-refractivity contribution in [3.05, 3.63) is 60.2 Å². The van der Waals surface area contributed by atoms with Crippen LogP contribution in [0.15, 0.2) is 54.6 Å². The van der Waals surface area contributed by atoms with E-state index in [9.17, 15) is 9.59 Å². The average molecular weight is 364 g/mol. The zero-order chi connectivity index (χ0) is 18.6. The maximum absolute atomic E-state index is 12.5.